The van der Waals surface area contributed by atoms with Gasteiger partial charge in [0.2, 0.25) is 5.91 Å². The van der Waals surface area contributed by atoms with E-state index in [9.17, 15) is 4.79 Å². The number of carbonyl (C=O) groups is 1. The van der Waals surface area contributed by atoms with E-state index >= 15 is 0 Å². The highest BCUT2D eigenvalue weighted by Crippen LogP contribution is 2.36. The molecule has 1 saturated carbocycles. The van der Waals surface area contributed by atoms with Crippen molar-refractivity contribution < 1.29 is 14.1 Å². The predicted molar refractivity (Wildman–Crippen MR) is 102 cm³/mol. The van der Waals surface area contributed by atoms with Gasteiger partial charge in [-0.15, -0.1) is 0 Å². The first kappa shape index (κ1) is 18.5. The average Bonchev–Trinajstić information content (AvgIpc) is 2.76. The van der Waals surface area contributed by atoms with Gasteiger partial charge < -0.3 is 14.6 Å². The standard InChI is InChI=1S/C20H30BNO3/c1-14-9-11-15(12-10-14)18(23)22-17-8-6-7-16(13-17)21-24-19(2,3)20(4,5)25-21/h6-8,13-15H,9-12H2,1-5H3,(H,22,23). The molecule has 2 aliphatic rings. The maximum absolute atomic E-state index is 12.5. The van der Waals surface area contributed by atoms with Gasteiger partial charge in [0.15, 0.2) is 0 Å². The summed E-state index contributed by atoms with van der Waals surface area (Å²) >= 11 is 0. The van der Waals surface area contributed by atoms with Crippen LogP contribution in [0.3, 0.4) is 0 Å². The summed E-state index contributed by atoms with van der Waals surface area (Å²) in [6.45, 7) is 10.4. The number of anilines is 1. The molecule has 0 spiro atoms. The van der Waals surface area contributed by atoms with E-state index in [1.165, 1.54) is 0 Å². The molecule has 1 aromatic carbocycles. The Morgan fingerprint density at radius 2 is 1.68 bits per heavy atom. The molecule has 3 rings (SSSR count). The van der Waals surface area contributed by atoms with Gasteiger partial charge in [-0.25, -0.2) is 0 Å². The highest BCUT2D eigenvalue weighted by molar-refractivity contribution is 6.62. The molecular formula is C20H30BNO3. The van der Waals surface area contributed by atoms with Crippen molar-refractivity contribution in [3.63, 3.8) is 0 Å². The first-order valence-corrected chi connectivity index (χ1v) is 9.44. The molecule has 25 heavy (non-hydrogen) atoms. The minimum absolute atomic E-state index is 0.136. The molecule has 0 bridgehead atoms. The van der Waals surface area contributed by atoms with E-state index in [-0.39, 0.29) is 23.0 Å². The Hall–Kier alpha value is -1.33. The minimum atomic E-state index is -0.405. The van der Waals surface area contributed by atoms with Crippen molar-refractivity contribution in [2.24, 2.45) is 11.8 Å². The molecule has 0 aromatic heterocycles. The molecule has 2 fully saturated rings. The zero-order valence-electron chi connectivity index (χ0n) is 16.1. The van der Waals surface area contributed by atoms with Gasteiger partial charge in [0.1, 0.15) is 0 Å². The molecule has 1 N–H and O–H groups in total. The van der Waals surface area contributed by atoms with Gasteiger partial charge in [0, 0.05) is 11.6 Å². The highest BCUT2D eigenvalue weighted by Gasteiger charge is 2.51. The Balaban J connectivity index is 1.67. The summed E-state index contributed by atoms with van der Waals surface area (Å²) in [7, 11) is -0.405. The summed E-state index contributed by atoms with van der Waals surface area (Å²) in [5, 5.41) is 3.08. The van der Waals surface area contributed by atoms with Gasteiger partial charge in [0.25, 0.3) is 0 Å². The SMILES string of the molecule is CC1CCC(C(=O)Nc2cccc(B3OC(C)(C)C(C)(C)O3)c2)CC1. The van der Waals surface area contributed by atoms with Crippen LogP contribution >= 0.6 is 0 Å². The summed E-state index contributed by atoms with van der Waals surface area (Å²) in [6, 6.07) is 7.82. The summed E-state index contributed by atoms with van der Waals surface area (Å²) in [5.74, 6) is 1.02. The van der Waals surface area contributed by atoms with E-state index in [0.29, 0.717) is 0 Å². The Morgan fingerprint density at radius 3 is 2.28 bits per heavy atom. The number of hydrogen-bond donors (Lipinski definition) is 1. The van der Waals surface area contributed by atoms with Crippen molar-refractivity contribution in [2.75, 3.05) is 5.32 Å². The summed E-state index contributed by atoms with van der Waals surface area (Å²) in [5.41, 5.74) is 1.02. The monoisotopic (exact) mass is 343 g/mol. The fourth-order valence-electron chi connectivity index (χ4n) is 3.51. The number of benzene rings is 1. The average molecular weight is 343 g/mol. The minimum Gasteiger partial charge on any atom is -0.399 e. The van der Waals surface area contributed by atoms with Crippen LogP contribution in [0, 0.1) is 11.8 Å². The first-order chi connectivity index (χ1) is 11.7. The van der Waals surface area contributed by atoms with Crippen molar-refractivity contribution in [3.8, 4) is 0 Å². The van der Waals surface area contributed by atoms with Crippen LogP contribution in [0.2, 0.25) is 0 Å². The molecule has 1 amide bonds. The molecule has 5 heteroatoms. The zero-order chi connectivity index (χ0) is 18.2. The molecule has 0 atom stereocenters. The first-order valence-electron chi connectivity index (χ1n) is 9.44. The van der Waals surface area contributed by atoms with Crippen LogP contribution in [-0.2, 0) is 14.1 Å². The molecule has 1 saturated heterocycles. The number of carbonyl (C=O) groups excluding carboxylic acids is 1. The van der Waals surface area contributed by atoms with Gasteiger partial charge in [0.05, 0.1) is 11.2 Å². The molecule has 136 valence electrons. The lowest BCUT2D eigenvalue weighted by atomic mass is 9.79. The Kier molecular flexibility index (Phi) is 5.00. The number of hydrogen-bond acceptors (Lipinski definition) is 3. The second-order valence-corrected chi connectivity index (χ2v) is 8.66. The van der Waals surface area contributed by atoms with Crippen LogP contribution in [0.4, 0.5) is 5.69 Å². The van der Waals surface area contributed by atoms with Gasteiger partial charge in [-0.1, -0.05) is 19.1 Å². The van der Waals surface area contributed by atoms with Crippen LogP contribution in [-0.4, -0.2) is 24.2 Å². The maximum atomic E-state index is 12.5. The smallest absolute Gasteiger partial charge is 0.399 e. The summed E-state index contributed by atoms with van der Waals surface area (Å²) < 4.78 is 12.2. The summed E-state index contributed by atoms with van der Waals surface area (Å²) in [6.07, 6.45) is 4.27. The van der Waals surface area contributed by atoms with Crippen LogP contribution in [0.5, 0.6) is 0 Å². The van der Waals surface area contributed by atoms with Crippen LogP contribution in [0.1, 0.15) is 60.3 Å². The highest BCUT2D eigenvalue weighted by atomic mass is 16.7. The van der Waals surface area contributed by atoms with Crippen molar-refractivity contribution in [3.05, 3.63) is 24.3 Å². The second-order valence-electron chi connectivity index (χ2n) is 8.66. The number of amides is 1. The summed E-state index contributed by atoms with van der Waals surface area (Å²) in [4.78, 5) is 12.5. The molecule has 4 nitrogen and oxygen atoms in total. The van der Waals surface area contributed by atoms with Crippen LogP contribution < -0.4 is 10.8 Å². The fourth-order valence-corrected chi connectivity index (χ4v) is 3.51. The molecule has 0 unspecified atom stereocenters. The van der Waals surface area contributed by atoms with Gasteiger partial charge in [-0.3, -0.25) is 4.79 Å². The molecular weight excluding hydrogens is 313 g/mol. The lowest BCUT2D eigenvalue weighted by molar-refractivity contribution is -0.121. The maximum Gasteiger partial charge on any atom is 0.494 e. The third-order valence-electron chi connectivity index (χ3n) is 6.07. The quantitative estimate of drug-likeness (QED) is 0.851. The third-order valence-corrected chi connectivity index (χ3v) is 6.07. The largest absolute Gasteiger partial charge is 0.494 e. The van der Waals surface area contributed by atoms with E-state index in [4.69, 9.17) is 9.31 Å². The Morgan fingerprint density at radius 1 is 1.08 bits per heavy atom. The van der Waals surface area contributed by atoms with E-state index in [0.717, 1.165) is 42.8 Å². The molecule has 1 aromatic rings. The second kappa shape index (κ2) is 6.77. The number of nitrogens with one attached hydrogen (secondary N) is 1. The van der Waals surface area contributed by atoms with Crippen molar-refractivity contribution >= 4 is 24.2 Å². The zero-order valence-corrected chi connectivity index (χ0v) is 16.1. The van der Waals surface area contributed by atoms with E-state index in [1.54, 1.807) is 0 Å². The topological polar surface area (TPSA) is 47.6 Å². The van der Waals surface area contributed by atoms with E-state index < -0.39 is 7.12 Å². The molecule has 1 aliphatic heterocycles. The Labute approximate surface area is 151 Å². The van der Waals surface area contributed by atoms with Gasteiger partial charge in [-0.2, -0.15) is 0 Å². The van der Waals surface area contributed by atoms with Gasteiger partial charge in [-0.05, 0) is 76.9 Å². The van der Waals surface area contributed by atoms with Crippen molar-refractivity contribution in [2.45, 2.75) is 71.5 Å². The molecule has 1 heterocycles. The fraction of sp³-hybridized carbons (Fsp3) is 0.650. The third kappa shape index (κ3) is 3.93. The van der Waals surface area contributed by atoms with Gasteiger partial charge >= 0.3 is 7.12 Å². The predicted octanol–water partition coefficient (Wildman–Crippen LogP) is 3.75. The Bertz CT molecular complexity index is 620. The van der Waals surface area contributed by atoms with Crippen LogP contribution in [0.25, 0.3) is 0 Å². The van der Waals surface area contributed by atoms with Crippen molar-refractivity contribution in [1.82, 2.24) is 0 Å². The lowest BCUT2D eigenvalue weighted by Gasteiger charge is -2.32. The van der Waals surface area contributed by atoms with E-state index in [2.05, 4.69) is 12.2 Å². The lowest BCUT2D eigenvalue weighted by Crippen LogP contribution is -2.41. The number of rotatable bonds is 3. The van der Waals surface area contributed by atoms with E-state index in [1.807, 2.05) is 52.0 Å². The van der Waals surface area contributed by atoms with Crippen molar-refractivity contribution in [1.29, 1.82) is 0 Å². The molecule has 0 radical (unpaired) electrons. The normalized spacial score (nSPS) is 28.0. The van der Waals surface area contributed by atoms with Crippen LogP contribution in [0.15, 0.2) is 24.3 Å². The molecule has 1 aliphatic carbocycles.